The molecular weight excluding hydrogens is 290 g/mol. The molecule has 2 aromatic carbocycles. The average molecular weight is 311 g/mol. The van der Waals surface area contributed by atoms with E-state index in [1.54, 1.807) is 6.08 Å². The first-order valence-electron chi connectivity index (χ1n) is 7.77. The van der Waals surface area contributed by atoms with Crippen molar-refractivity contribution in [2.24, 2.45) is 0 Å². The predicted molar refractivity (Wildman–Crippen MR) is 91.3 cm³/mol. The smallest absolute Gasteiger partial charge is 0.326 e. The number of hydrogen-bond donors (Lipinski definition) is 2. The van der Waals surface area contributed by atoms with Crippen LogP contribution < -0.4 is 5.32 Å². The quantitative estimate of drug-likeness (QED) is 0.771. The number of hydrogen-bond acceptors (Lipinski definition) is 2. The van der Waals surface area contributed by atoms with Gasteiger partial charge in [0.25, 0.3) is 0 Å². The fourth-order valence-electron chi connectivity index (χ4n) is 2.38. The van der Waals surface area contributed by atoms with Crippen LogP contribution in [-0.2, 0) is 16.0 Å². The van der Waals surface area contributed by atoms with Crippen molar-refractivity contribution in [3.05, 3.63) is 60.2 Å². The van der Waals surface area contributed by atoms with Crippen LogP contribution in [-0.4, -0.2) is 23.0 Å². The normalized spacial score (nSPS) is 12.4. The summed E-state index contributed by atoms with van der Waals surface area (Å²) in [6, 6.07) is 12.8. The van der Waals surface area contributed by atoms with Crippen molar-refractivity contribution < 1.29 is 14.7 Å². The monoisotopic (exact) mass is 311 g/mol. The van der Waals surface area contributed by atoms with Crippen LogP contribution in [0.2, 0.25) is 0 Å². The minimum atomic E-state index is -1.03. The van der Waals surface area contributed by atoms with Gasteiger partial charge >= 0.3 is 5.97 Å². The summed E-state index contributed by atoms with van der Waals surface area (Å²) in [5.41, 5.74) is 0.883. The molecule has 2 aromatic rings. The number of carboxylic acid groups (broad SMARTS) is 1. The number of carbonyl (C=O) groups excluding carboxylic acids is 1. The van der Waals surface area contributed by atoms with Crippen LogP contribution in [0.4, 0.5) is 0 Å². The SMILES string of the molecule is CCCC=CC(=O)NC(Cc1ccc2ccccc2c1)C(=O)O. The molecule has 4 nitrogen and oxygen atoms in total. The van der Waals surface area contributed by atoms with Crippen LogP contribution in [0.5, 0.6) is 0 Å². The van der Waals surface area contributed by atoms with E-state index in [1.165, 1.54) is 6.08 Å². The highest BCUT2D eigenvalue weighted by Crippen LogP contribution is 2.16. The van der Waals surface area contributed by atoms with Gasteiger partial charge in [0.1, 0.15) is 6.04 Å². The highest BCUT2D eigenvalue weighted by atomic mass is 16.4. The number of rotatable bonds is 7. The van der Waals surface area contributed by atoms with E-state index in [4.69, 9.17) is 0 Å². The van der Waals surface area contributed by atoms with Crippen LogP contribution in [0.25, 0.3) is 10.8 Å². The molecule has 0 radical (unpaired) electrons. The highest BCUT2D eigenvalue weighted by Gasteiger charge is 2.19. The van der Waals surface area contributed by atoms with E-state index >= 15 is 0 Å². The molecule has 0 bridgehead atoms. The van der Waals surface area contributed by atoms with E-state index < -0.39 is 12.0 Å². The molecule has 23 heavy (non-hydrogen) atoms. The van der Waals surface area contributed by atoms with Gasteiger partial charge in [-0.2, -0.15) is 0 Å². The maximum Gasteiger partial charge on any atom is 0.326 e. The number of carboxylic acids is 1. The Hall–Kier alpha value is -2.62. The molecule has 0 aliphatic heterocycles. The number of nitrogens with one attached hydrogen (secondary N) is 1. The Morgan fingerprint density at radius 3 is 2.61 bits per heavy atom. The average Bonchev–Trinajstić information content (AvgIpc) is 2.54. The largest absolute Gasteiger partial charge is 0.480 e. The first-order valence-corrected chi connectivity index (χ1v) is 7.77. The van der Waals surface area contributed by atoms with Gasteiger partial charge in [-0.15, -0.1) is 0 Å². The lowest BCUT2D eigenvalue weighted by atomic mass is 10.0. The molecule has 0 spiro atoms. The van der Waals surface area contributed by atoms with E-state index in [-0.39, 0.29) is 12.3 Å². The van der Waals surface area contributed by atoms with E-state index in [1.807, 2.05) is 49.4 Å². The Bertz CT molecular complexity index is 721. The maximum absolute atomic E-state index is 11.8. The van der Waals surface area contributed by atoms with Crippen molar-refractivity contribution >= 4 is 22.6 Å². The second-order valence-electron chi connectivity index (χ2n) is 5.48. The van der Waals surface area contributed by atoms with Crippen LogP contribution >= 0.6 is 0 Å². The fourth-order valence-corrected chi connectivity index (χ4v) is 2.38. The highest BCUT2D eigenvalue weighted by molar-refractivity contribution is 5.91. The number of fused-ring (bicyclic) bond motifs is 1. The van der Waals surface area contributed by atoms with E-state index in [0.29, 0.717) is 0 Å². The van der Waals surface area contributed by atoms with Crippen molar-refractivity contribution in [1.82, 2.24) is 5.32 Å². The Balaban J connectivity index is 2.08. The molecular formula is C19H21NO3. The Morgan fingerprint density at radius 2 is 1.91 bits per heavy atom. The lowest BCUT2D eigenvalue weighted by Gasteiger charge is -2.14. The zero-order valence-corrected chi connectivity index (χ0v) is 13.2. The number of allylic oxidation sites excluding steroid dienone is 1. The summed E-state index contributed by atoms with van der Waals surface area (Å²) in [5, 5.41) is 14.0. The van der Waals surface area contributed by atoms with Gasteiger partial charge in [-0.3, -0.25) is 4.79 Å². The molecule has 0 aliphatic carbocycles. The van der Waals surface area contributed by atoms with Crippen LogP contribution in [0.15, 0.2) is 54.6 Å². The molecule has 0 aromatic heterocycles. The fraction of sp³-hybridized carbons (Fsp3) is 0.263. The van der Waals surface area contributed by atoms with Crippen LogP contribution in [0.3, 0.4) is 0 Å². The number of benzene rings is 2. The van der Waals surface area contributed by atoms with Crippen LogP contribution in [0.1, 0.15) is 25.3 Å². The third kappa shape index (κ3) is 4.95. The molecule has 1 unspecified atom stereocenters. The number of aliphatic carboxylic acids is 1. The number of unbranched alkanes of at least 4 members (excludes halogenated alkanes) is 1. The first kappa shape index (κ1) is 16.7. The summed E-state index contributed by atoms with van der Waals surface area (Å²) in [7, 11) is 0. The van der Waals surface area contributed by atoms with Gasteiger partial charge in [0.15, 0.2) is 0 Å². The molecule has 120 valence electrons. The topological polar surface area (TPSA) is 66.4 Å². The summed E-state index contributed by atoms with van der Waals surface area (Å²) in [4.78, 5) is 23.2. The maximum atomic E-state index is 11.8. The standard InChI is InChI=1S/C19H21NO3/c1-2-3-4-9-18(21)20-17(19(22)23)13-14-10-11-15-7-5-6-8-16(15)12-14/h4-12,17H,2-3,13H2,1H3,(H,20,21)(H,22,23). The van der Waals surface area contributed by atoms with E-state index in [9.17, 15) is 14.7 Å². The minimum Gasteiger partial charge on any atom is -0.480 e. The van der Waals surface area contributed by atoms with Crippen LogP contribution in [0, 0.1) is 0 Å². The lowest BCUT2D eigenvalue weighted by Crippen LogP contribution is -2.41. The van der Waals surface area contributed by atoms with Crippen molar-refractivity contribution in [2.45, 2.75) is 32.2 Å². The molecule has 0 aliphatic rings. The van der Waals surface area contributed by atoms with Gasteiger partial charge < -0.3 is 10.4 Å². The second kappa shape index (κ2) is 8.13. The van der Waals surface area contributed by atoms with Gasteiger partial charge in [0.2, 0.25) is 5.91 Å². The Morgan fingerprint density at radius 1 is 1.17 bits per heavy atom. The van der Waals surface area contributed by atoms with Gasteiger partial charge in [-0.05, 0) is 28.8 Å². The van der Waals surface area contributed by atoms with Crippen molar-refractivity contribution in [2.75, 3.05) is 0 Å². The summed E-state index contributed by atoms with van der Waals surface area (Å²) in [5.74, 6) is -1.40. The van der Waals surface area contributed by atoms with Gasteiger partial charge in [-0.25, -0.2) is 4.79 Å². The summed E-state index contributed by atoms with van der Waals surface area (Å²) in [6.07, 6.45) is 5.16. The number of carbonyl (C=O) groups is 2. The Kier molecular flexibility index (Phi) is 5.92. The third-order valence-electron chi connectivity index (χ3n) is 3.59. The van der Waals surface area contributed by atoms with Gasteiger partial charge in [0.05, 0.1) is 0 Å². The first-order chi connectivity index (χ1) is 11.1. The van der Waals surface area contributed by atoms with Crippen molar-refractivity contribution in [3.63, 3.8) is 0 Å². The van der Waals surface area contributed by atoms with E-state index in [2.05, 4.69) is 5.32 Å². The zero-order chi connectivity index (χ0) is 16.7. The predicted octanol–water partition coefficient (Wildman–Crippen LogP) is 3.31. The molecule has 0 saturated carbocycles. The third-order valence-corrected chi connectivity index (χ3v) is 3.59. The molecule has 0 fully saturated rings. The summed E-state index contributed by atoms with van der Waals surface area (Å²) in [6.45, 7) is 2.02. The Labute approximate surface area is 135 Å². The molecule has 0 heterocycles. The van der Waals surface area contributed by atoms with Crippen molar-refractivity contribution in [1.29, 1.82) is 0 Å². The van der Waals surface area contributed by atoms with Gasteiger partial charge in [-0.1, -0.05) is 61.9 Å². The van der Waals surface area contributed by atoms with Crippen molar-refractivity contribution in [3.8, 4) is 0 Å². The zero-order valence-electron chi connectivity index (χ0n) is 13.2. The summed E-state index contributed by atoms with van der Waals surface area (Å²) < 4.78 is 0. The van der Waals surface area contributed by atoms with E-state index in [0.717, 1.165) is 29.2 Å². The molecule has 4 heteroatoms. The molecule has 0 saturated heterocycles. The minimum absolute atomic E-state index is 0.257. The molecule has 2 rings (SSSR count). The summed E-state index contributed by atoms with van der Waals surface area (Å²) >= 11 is 0. The second-order valence-corrected chi connectivity index (χ2v) is 5.48. The molecule has 2 N–H and O–H groups in total. The number of amides is 1. The molecule has 1 amide bonds. The molecule has 1 atom stereocenters. The lowest BCUT2D eigenvalue weighted by molar-refractivity contribution is -0.141. The van der Waals surface area contributed by atoms with Gasteiger partial charge in [0, 0.05) is 6.42 Å².